The lowest BCUT2D eigenvalue weighted by Gasteiger charge is -2.24. The normalized spacial score (nSPS) is 34.8. The summed E-state index contributed by atoms with van der Waals surface area (Å²) in [6, 6.07) is 0.522. The first-order chi connectivity index (χ1) is 6.20. The number of rotatable bonds is 1. The molecule has 3 unspecified atom stereocenters. The largest absolute Gasteiger partial charge is 0.338 e. The van der Waals surface area contributed by atoms with E-state index in [9.17, 15) is 4.79 Å². The molecule has 0 aromatic carbocycles. The first-order valence-electron chi connectivity index (χ1n) is 5.14. The highest BCUT2D eigenvalue weighted by Crippen LogP contribution is 2.38. The van der Waals surface area contributed by atoms with Gasteiger partial charge in [-0.15, -0.1) is 11.6 Å². The maximum atomic E-state index is 11.7. The zero-order chi connectivity index (χ0) is 9.42. The second-order valence-electron chi connectivity index (χ2n) is 4.19. The van der Waals surface area contributed by atoms with E-state index in [4.69, 9.17) is 11.6 Å². The van der Waals surface area contributed by atoms with Gasteiger partial charge in [0, 0.05) is 12.6 Å². The van der Waals surface area contributed by atoms with Gasteiger partial charge in [-0.2, -0.15) is 0 Å². The van der Waals surface area contributed by atoms with Crippen LogP contribution in [-0.2, 0) is 4.79 Å². The van der Waals surface area contributed by atoms with Crippen molar-refractivity contribution in [3.8, 4) is 0 Å². The molecule has 0 spiro atoms. The van der Waals surface area contributed by atoms with Gasteiger partial charge in [0.2, 0.25) is 5.91 Å². The predicted octanol–water partition coefficient (Wildman–Crippen LogP) is 2.01. The van der Waals surface area contributed by atoms with Crippen LogP contribution in [0.2, 0.25) is 0 Å². The molecule has 0 aromatic rings. The summed E-state index contributed by atoms with van der Waals surface area (Å²) in [7, 11) is 0. The zero-order valence-corrected chi connectivity index (χ0v) is 8.76. The Labute approximate surface area is 84.2 Å². The molecule has 1 aliphatic carbocycles. The molecule has 2 rings (SSSR count). The van der Waals surface area contributed by atoms with Crippen LogP contribution in [0.25, 0.3) is 0 Å². The van der Waals surface area contributed by atoms with E-state index in [0.29, 0.717) is 6.04 Å². The summed E-state index contributed by atoms with van der Waals surface area (Å²) in [5, 5.41) is -0.348. The van der Waals surface area contributed by atoms with Crippen molar-refractivity contribution >= 4 is 17.5 Å². The van der Waals surface area contributed by atoms with Crippen LogP contribution in [0.3, 0.4) is 0 Å². The van der Waals surface area contributed by atoms with Crippen molar-refractivity contribution in [3.05, 3.63) is 0 Å². The topological polar surface area (TPSA) is 20.3 Å². The fourth-order valence-corrected chi connectivity index (χ4v) is 2.86. The number of carbonyl (C=O) groups excluding carboxylic acids is 1. The van der Waals surface area contributed by atoms with Crippen molar-refractivity contribution < 1.29 is 4.79 Å². The molecule has 1 saturated heterocycles. The Morgan fingerprint density at radius 3 is 2.92 bits per heavy atom. The summed E-state index contributed by atoms with van der Waals surface area (Å²) in [5.41, 5.74) is 0. The van der Waals surface area contributed by atoms with Gasteiger partial charge >= 0.3 is 0 Å². The predicted molar refractivity (Wildman–Crippen MR) is 52.8 cm³/mol. The number of hydrogen-bond acceptors (Lipinski definition) is 1. The molecule has 3 atom stereocenters. The van der Waals surface area contributed by atoms with Gasteiger partial charge < -0.3 is 4.90 Å². The Kier molecular flexibility index (Phi) is 2.50. The van der Waals surface area contributed by atoms with Crippen molar-refractivity contribution in [2.75, 3.05) is 6.54 Å². The van der Waals surface area contributed by atoms with Crippen molar-refractivity contribution in [2.45, 2.75) is 44.0 Å². The van der Waals surface area contributed by atoms with Gasteiger partial charge in [0.05, 0.1) is 0 Å². The summed E-state index contributed by atoms with van der Waals surface area (Å²) in [6.07, 6.45) is 4.99. The molecule has 2 fully saturated rings. The van der Waals surface area contributed by atoms with Crippen molar-refractivity contribution in [1.82, 2.24) is 4.90 Å². The van der Waals surface area contributed by atoms with Crippen LogP contribution in [-0.4, -0.2) is 28.8 Å². The number of carbonyl (C=O) groups is 1. The molecule has 74 valence electrons. The molecule has 0 bridgehead atoms. The molecule has 1 amide bonds. The number of fused-ring (bicyclic) bond motifs is 1. The standard InChI is InChI=1S/C10H16ClNO/c1-7(11)10(13)12-6-5-8-3-2-4-9(8)12/h7-9H,2-6H2,1H3. The van der Waals surface area contributed by atoms with Gasteiger partial charge in [0.1, 0.15) is 5.38 Å². The van der Waals surface area contributed by atoms with Crippen LogP contribution in [0.4, 0.5) is 0 Å². The SMILES string of the molecule is CC(Cl)C(=O)N1CCC2CCCC21. The molecule has 0 aromatic heterocycles. The Bertz CT molecular complexity index is 217. The maximum Gasteiger partial charge on any atom is 0.240 e. The lowest BCUT2D eigenvalue weighted by molar-refractivity contribution is -0.131. The number of amides is 1. The highest BCUT2D eigenvalue weighted by atomic mass is 35.5. The second kappa shape index (κ2) is 3.49. The van der Waals surface area contributed by atoms with E-state index >= 15 is 0 Å². The Hall–Kier alpha value is -0.240. The summed E-state index contributed by atoms with van der Waals surface area (Å²) in [5.74, 6) is 0.912. The van der Waals surface area contributed by atoms with Gasteiger partial charge in [0.25, 0.3) is 0 Å². The van der Waals surface area contributed by atoms with E-state index < -0.39 is 0 Å². The Morgan fingerprint density at radius 2 is 2.23 bits per heavy atom. The van der Waals surface area contributed by atoms with Crippen LogP contribution < -0.4 is 0 Å². The molecule has 0 N–H and O–H groups in total. The second-order valence-corrected chi connectivity index (χ2v) is 4.85. The molecule has 1 heterocycles. The number of nitrogens with zero attached hydrogens (tertiary/aromatic N) is 1. The molecule has 2 nitrogen and oxygen atoms in total. The number of hydrogen-bond donors (Lipinski definition) is 0. The van der Waals surface area contributed by atoms with Crippen LogP contribution in [0, 0.1) is 5.92 Å². The summed E-state index contributed by atoms with van der Waals surface area (Å²) in [6.45, 7) is 2.71. The maximum absolute atomic E-state index is 11.7. The van der Waals surface area contributed by atoms with Crippen LogP contribution in [0.15, 0.2) is 0 Å². The van der Waals surface area contributed by atoms with Crippen LogP contribution >= 0.6 is 11.6 Å². The first-order valence-corrected chi connectivity index (χ1v) is 5.58. The smallest absolute Gasteiger partial charge is 0.240 e. The van der Waals surface area contributed by atoms with Crippen LogP contribution in [0.5, 0.6) is 0 Å². The molecular weight excluding hydrogens is 186 g/mol. The molecule has 1 aliphatic heterocycles. The minimum absolute atomic E-state index is 0.135. The lowest BCUT2D eigenvalue weighted by atomic mass is 10.0. The highest BCUT2D eigenvalue weighted by molar-refractivity contribution is 6.30. The number of alkyl halides is 1. The molecule has 2 aliphatic rings. The Balaban J connectivity index is 2.04. The van der Waals surface area contributed by atoms with Gasteiger partial charge in [0.15, 0.2) is 0 Å². The number of likely N-dealkylation sites (tertiary alicyclic amines) is 1. The van der Waals surface area contributed by atoms with Crippen molar-refractivity contribution in [2.24, 2.45) is 5.92 Å². The molecule has 0 radical (unpaired) electrons. The molecular formula is C10H16ClNO. The third-order valence-electron chi connectivity index (χ3n) is 3.38. The summed E-state index contributed by atoms with van der Waals surface area (Å²) >= 11 is 5.81. The molecule has 1 saturated carbocycles. The fraction of sp³-hybridized carbons (Fsp3) is 0.900. The number of halogens is 1. The third kappa shape index (κ3) is 1.56. The van der Waals surface area contributed by atoms with Gasteiger partial charge in [-0.3, -0.25) is 4.79 Å². The average Bonchev–Trinajstić information content (AvgIpc) is 2.61. The minimum Gasteiger partial charge on any atom is -0.338 e. The van der Waals surface area contributed by atoms with Crippen molar-refractivity contribution in [1.29, 1.82) is 0 Å². The highest BCUT2D eigenvalue weighted by Gasteiger charge is 2.40. The first kappa shape index (κ1) is 9.32. The zero-order valence-electron chi connectivity index (χ0n) is 8.00. The lowest BCUT2D eigenvalue weighted by Crippen LogP contribution is -2.39. The molecule has 3 heteroatoms. The summed E-state index contributed by atoms with van der Waals surface area (Å²) in [4.78, 5) is 13.7. The fourth-order valence-electron chi connectivity index (χ4n) is 2.74. The van der Waals surface area contributed by atoms with E-state index in [1.165, 1.54) is 25.7 Å². The molecule has 13 heavy (non-hydrogen) atoms. The average molecular weight is 202 g/mol. The van der Waals surface area contributed by atoms with E-state index in [-0.39, 0.29) is 11.3 Å². The monoisotopic (exact) mass is 201 g/mol. The van der Waals surface area contributed by atoms with Gasteiger partial charge in [-0.1, -0.05) is 6.42 Å². The van der Waals surface area contributed by atoms with E-state index in [2.05, 4.69) is 0 Å². The third-order valence-corrected chi connectivity index (χ3v) is 3.57. The van der Waals surface area contributed by atoms with E-state index in [1.54, 1.807) is 6.92 Å². The van der Waals surface area contributed by atoms with Gasteiger partial charge in [-0.25, -0.2) is 0 Å². The van der Waals surface area contributed by atoms with E-state index in [1.807, 2.05) is 4.90 Å². The minimum atomic E-state index is -0.348. The van der Waals surface area contributed by atoms with Crippen molar-refractivity contribution in [3.63, 3.8) is 0 Å². The summed E-state index contributed by atoms with van der Waals surface area (Å²) < 4.78 is 0. The Morgan fingerprint density at radius 1 is 1.46 bits per heavy atom. The van der Waals surface area contributed by atoms with Gasteiger partial charge in [-0.05, 0) is 32.1 Å². The van der Waals surface area contributed by atoms with E-state index in [0.717, 1.165) is 12.5 Å². The van der Waals surface area contributed by atoms with Crippen LogP contribution in [0.1, 0.15) is 32.6 Å². The quantitative estimate of drug-likeness (QED) is 0.595.